The van der Waals surface area contributed by atoms with Crippen molar-refractivity contribution in [3.63, 3.8) is 0 Å². The maximum atomic E-state index is 9.98. The Balaban J connectivity index is 3.73. The summed E-state index contributed by atoms with van der Waals surface area (Å²) < 4.78 is 4.42. The first-order valence-corrected chi connectivity index (χ1v) is 3.26. The van der Waals surface area contributed by atoms with Gasteiger partial charge in [-0.25, -0.2) is 4.79 Å². The molecule has 0 atom stereocenters. The molecule has 0 aliphatic heterocycles. The molecule has 0 spiro atoms. The third-order valence-electron chi connectivity index (χ3n) is 1.04. The van der Waals surface area contributed by atoms with E-state index in [2.05, 4.69) is 4.74 Å². The van der Waals surface area contributed by atoms with Gasteiger partial charge in [0.15, 0.2) is 0 Å². The molecular formula is C7H12O3. The van der Waals surface area contributed by atoms with Crippen LogP contribution in [0.25, 0.3) is 0 Å². The molecule has 0 aliphatic rings. The van der Waals surface area contributed by atoms with Crippen LogP contribution >= 0.6 is 0 Å². The van der Waals surface area contributed by atoms with Crippen molar-refractivity contribution in [1.82, 2.24) is 0 Å². The Morgan fingerprint density at radius 1 is 1.70 bits per heavy atom. The van der Waals surface area contributed by atoms with Crippen LogP contribution < -0.4 is 0 Å². The Morgan fingerprint density at radius 3 is 2.60 bits per heavy atom. The highest BCUT2D eigenvalue weighted by Gasteiger charge is 2.00. The summed E-state index contributed by atoms with van der Waals surface area (Å²) in [5.74, 6) is 0.523. The number of hydrogen-bond acceptors (Lipinski definition) is 2. The van der Waals surface area contributed by atoms with Crippen molar-refractivity contribution in [1.29, 1.82) is 0 Å². The van der Waals surface area contributed by atoms with Crippen LogP contribution in [0.2, 0.25) is 0 Å². The molecule has 3 nitrogen and oxygen atoms in total. The van der Waals surface area contributed by atoms with E-state index in [0.717, 1.165) is 6.42 Å². The summed E-state index contributed by atoms with van der Waals surface area (Å²) in [5.41, 5.74) is 0. The van der Waals surface area contributed by atoms with Crippen molar-refractivity contribution in [2.45, 2.75) is 26.7 Å². The Labute approximate surface area is 60.3 Å². The Bertz CT molecular complexity index is 138. The third kappa shape index (κ3) is 3.95. The fourth-order valence-electron chi connectivity index (χ4n) is 0.613. The molecule has 0 fully saturated rings. The van der Waals surface area contributed by atoms with E-state index in [4.69, 9.17) is 5.11 Å². The van der Waals surface area contributed by atoms with Crippen molar-refractivity contribution in [3.8, 4) is 0 Å². The van der Waals surface area contributed by atoms with E-state index in [0.29, 0.717) is 12.2 Å². The van der Waals surface area contributed by atoms with Gasteiger partial charge in [-0.15, -0.1) is 0 Å². The van der Waals surface area contributed by atoms with Crippen LogP contribution in [-0.2, 0) is 4.74 Å². The second-order valence-electron chi connectivity index (χ2n) is 1.87. The summed E-state index contributed by atoms with van der Waals surface area (Å²) in [5, 5.41) is 8.18. The SMILES string of the molecule is CC=C(CCC)OC(=O)O. The van der Waals surface area contributed by atoms with Gasteiger partial charge >= 0.3 is 6.16 Å². The highest BCUT2D eigenvalue weighted by Crippen LogP contribution is 2.05. The molecule has 0 heterocycles. The van der Waals surface area contributed by atoms with Gasteiger partial charge in [0.25, 0.3) is 0 Å². The number of carboxylic acid groups (broad SMARTS) is 1. The standard InChI is InChI=1S/C7H12O3/c1-3-5-6(4-2)10-7(8)9/h4H,3,5H2,1-2H3,(H,8,9). The average molecular weight is 144 g/mol. The van der Waals surface area contributed by atoms with Crippen LogP contribution in [0, 0.1) is 0 Å². The van der Waals surface area contributed by atoms with Crippen molar-refractivity contribution in [3.05, 3.63) is 11.8 Å². The molecule has 3 heteroatoms. The smallest absolute Gasteiger partial charge is 0.449 e. The lowest BCUT2D eigenvalue weighted by atomic mass is 10.3. The van der Waals surface area contributed by atoms with Crippen molar-refractivity contribution < 1.29 is 14.6 Å². The van der Waals surface area contributed by atoms with Crippen LogP contribution in [0.3, 0.4) is 0 Å². The van der Waals surface area contributed by atoms with E-state index in [1.807, 2.05) is 6.92 Å². The normalized spacial score (nSPS) is 11.2. The van der Waals surface area contributed by atoms with Crippen LogP contribution in [0.15, 0.2) is 11.8 Å². The van der Waals surface area contributed by atoms with Crippen LogP contribution in [0.1, 0.15) is 26.7 Å². The number of ether oxygens (including phenoxy) is 1. The molecule has 0 unspecified atom stereocenters. The second-order valence-corrected chi connectivity index (χ2v) is 1.87. The number of allylic oxidation sites excluding steroid dienone is 2. The highest BCUT2D eigenvalue weighted by molar-refractivity contribution is 5.58. The van der Waals surface area contributed by atoms with Gasteiger partial charge in [-0.1, -0.05) is 6.92 Å². The molecule has 10 heavy (non-hydrogen) atoms. The minimum atomic E-state index is -1.23. The molecule has 1 N–H and O–H groups in total. The topological polar surface area (TPSA) is 46.5 Å². The first-order chi connectivity index (χ1) is 4.70. The Morgan fingerprint density at radius 2 is 2.30 bits per heavy atom. The van der Waals surface area contributed by atoms with E-state index in [1.54, 1.807) is 13.0 Å². The fourth-order valence-corrected chi connectivity index (χ4v) is 0.613. The minimum absolute atomic E-state index is 0.523. The van der Waals surface area contributed by atoms with Crippen molar-refractivity contribution in [2.75, 3.05) is 0 Å². The maximum Gasteiger partial charge on any atom is 0.511 e. The summed E-state index contributed by atoms with van der Waals surface area (Å²) in [6.45, 7) is 3.72. The molecule has 0 aromatic carbocycles. The number of carbonyl (C=O) groups is 1. The third-order valence-corrected chi connectivity index (χ3v) is 1.04. The largest absolute Gasteiger partial charge is 0.511 e. The zero-order valence-corrected chi connectivity index (χ0v) is 6.26. The molecule has 0 radical (unpaired) electrons. The fraction of sp³-hybridized carbons (Fsp3) is 0.571. The lowest BCUT2D eigenvalue weighted by molar-refractivity contribution is 0.116. The molecule has 0 amide bonds. The Hall–Kier alpha value is -0.990. The number of rotatable bonds is 3. The quantitative estimate of drug-likeness (QED) is 0.488. The van der Waals surface area contributed by atoms with Crippen molar-refractivity contribution >= 4 is 6.16 Å². The summed E-state index contributed by atoms with van der Waals surface area (Å²) in [4.78, 5) is 9.98. The summed E-state index contributed by atoms with van der Waals surface area (Å²) in [6.07, 6.45) is 2.01. The monoisotopic (exact) mass is 144 g/mol. The van der Waals surface area contributed by atoms with E-state index in [-0.39, 0.29) is 0 Å². The molecule has 0 saturated carbocycles. The van der Waals surface area contributed by atoms with Gasteiger partial charge in [0.2, 0.25) is 0 Å². The van der Waals surface area contributed by atoms with Gasteiger partial charge in [-0.05, 0) is 19.4 Å². The van der Waals surface area contributed by atoms with Gasteiger partial charge in [0.1, 0.15) is 5.76 Å². The lowest BCUT2D eigenvalue weighted by Gasteiger charge is -2.01. The summed E-state index contributed by atoms with van der Waals surface area (Å²) in [6, 6.07) is 0. The zero-order chi connectivity index (χ0) is 7.98. The first kappa shape index (κ1) is 9.01. The van der Waals surface area contributed by atoms with Gasteiger partial charge < -0.3 is 9.84 Å². The predicted molar refractivity (Wildman–Crippen MR) is 37.8 cm³/mol. The maximum absolute atomic E-state index is 9.98. The van der Waals surface area contributed by atoms with Crippen LogP contribution in [-0.4, -0.2) is 11.3 Å². The number of hydrogen-bond donors (Lipinski definition) is 1. The summed E-state index contributed by atoms with van der Waals surface area (Å²) >= 11 is 0. The van der Waals surface area contributed by atoms with E-state index in [1.165, 1.54) is 0 Å². The second kappa shape index (κ2) is 4.85. The molecule has 0 bridgehead atoms. The first-order valence-electron chi connectivity index (χ1n) is 3.26. The molecule has 0 saturated heterocycles. The molecule has 0 rings (SSSR count). The highest BCUT2D eigenvalue weighted by atomic mass is 16.7. The Kier molecular flexibility index (Phi) is 4.37. The van der Waals surface area contributed by atoms with Crippen LogP contribution in [0.5, 0.6) is 0 Å². The summed E-state index contributed by atoms with van der Waals surface area (Å²) in [7, 11) is 0. The predicted octanol–water partition coefficient (Wildman–Crippen LogP) is 2.38. The van der Waals surface area contributed by atoms with Crippen molar-refractivity contribution in [2.24, 2.45) is 0 Å². The van der Waals surface area contributed by atoms with E-state index >= 15 is 0 Å². The minimum Gasteiger partial charge on any atom is -0.449 e. The van der Waals surface area contributed by atoms with Gasteiger partial charge in [-0.2, -0.15) is 0 Å². The van der Waals surface area contributed by atoms with E-state index < -0.39 is 6.16 Å². The van der Waals surface area contributed by atoms with Gasteiger partial charge in [-0.3, -0.25) is 0 Å². The lowest BCUT2D eigenvalue weighted by Crippen LogP contribution is -1.99. The van der Waals surface area contributed by atoms with Crippen LogP contribution in [0.4, 0.5) is 4.79 Å². The average Bonchev–Trinajstić information content (AvgIpc) is 1.86. The van der Waals surface area contributed by atoms with E-state index in [9.17, 15) is 4.79 Å². The molecule has 58 valence electrons. The molecule has 0 aromatic heterocycles. The van der Waals surface area contributed by atoms with Gasteiger partial charge in [0, 0.05) is 6.42 Å². The zero-order valence-electron chi connectivity index (χ0n) is 6.26. The van der Waals surface area contributed by atoms with Gasteiger partial charge in [0.05, 0.1) is 0 Å². The molecule has 0 aliphatic carbocycles. The molecule has 0 aromatic rings. The molecular weight excluding hydrogens is 132 g/mol.